The number of nitrogens with zero attached hydrogens (tertiary/aromatic N) is 1. The summed E-state index contributed by atoms with van der Waals surface area (Å²) in [6.07, 6.45) is 2.36. The van der Waals surface area contributed by atoms with Crippen LogP contribution in [0.25, 0.3) is 5.57 Å². The summed E-state index contributed by atoms with van der Waals surface area (Å²) in [6, 6.07) is 1.20. The van der Waals surface area contributed by atoms with Gasteiger partial charge >= 0.3 is 5.97 Å². The average molecular weight is 289 g/mol. The molecule has 0 aliphatic heterocycles. The highest BCUT2D eigenvalue weighted by Crippen LogP contribution is 2.19. The minimum Gasteiger partial charge on any atom is -0.462 e. The second kappa shape index (κ2) is 5.60. The Morgan fingerprint density at radius 1 is 1.75 bits per heavy atom. The molecule has 6 heteroatoms. The van der Waals surface area contributed by atoms with E-state index in [1.165, 1.54) is 12.3 Å². The lowest BCUT2D eigenvalue weighted by molar-refractivity contribution is -0.136. The molecule has 1 rings (SSSR count). The summed E-state index contributed by atoms with van der Waals surface area (Å²) >= 11 is 3.07. The fourth-order valence-corrected chi connectivity index (χ4v) is 1.37. The molecule has 86 valence electrons. The summed E-state index contributed by atoms with van der Waals surface area (Å²) in [5.41, 5.74) is 5.05. The van der Waals surface area contributed by atoms with Crippen LogP contribution in [0, 0.1) is 5.82 Å². The molecular formula is C10H10BrFN2O2. The van der Waals surface area contributed by atoms with Gasteiger partial charge in [0.2, 0.25) is 0 Å². The van der Waals surface area contributed by atoms with E-state index in [0.29, 0.717) is 4.47 Å². The second-order valence-corrected chi connectivity index (χ2v) is 3.70. The highest BCUT2D eigenvalue weighted by molar-refractivity contribution is 9.10. The first-order valence-corrected chi connectivity index (χ1v) is 5.29. The predicted octanol–water partition coefficient (Wildman–Crippen LogP) is 1.85. The zero-order valence-electron chi connectivity index (χ0n) is 8.54. The van der Waals surface area contributed by atoms with Crippen LogP contribution in [0.15, 0.2) is 22.9 Å². The molecular weight excluding hydrogens is 279 g/mol. The first-order valence-electron chi connectivity index (χ1n) is 4.50. The number of halogens is 2. The molecule has 0 aliphatic carbocycles. The van der Waals surface area contributed by atoms with Crippen molar-refractivity contribution in [1.29, 1.82) is 0 Å². The number of pyridine rings is 1. The fourth-order valence-electron chi connectivity index (χ4n) is 1.07. The lowest BCUT2D eigenvalue weighted by Crippen LogP contribution is -2.11. The van der Waals surface area contributed by atoms with Crippen LogP contribution in [0.4, 0.5) is 4.39 Å². The zero-order valence-corrected chi connectivity index (χ0v) is 10.1. The summed E-state index contributed by atoms with van der Waals surface area (Å²) in [4.78, 5) is 15.2. The van der Waals surface area contributed by atoms with Gasteiger partial charge in [-0.05, 0) is 28.9 Å². The van der Waals surface area contributed by atoms with E-state index in [4.69, 9.17) is 10.5 Å². The lowest BCUT2D eigenvalue weighted by atomic mass is 10.2. The smallest absolute Gasteiger partial charge is 0.341 e. The Labute approximate surface area is 100 Å². The Balaban J connectivity index is 3.10. The normalized spacial score (nSPS) is 11.3. The summed E-state index contributed by atoms with van der Waals surface area (Å²) in [6.45, 7) is 1.84. The van der Waals surface area contributed by atoms with E-state index in [1.807, 2.05) is 0 Å². The molecule has 1 aromatic rings. The molecule has 0 atom stereocenters. The van der Waals surface area contributed by atoms with E-state index >= 15 is 0 Å². The van der Waals surface area contributed by atoms with E-state index in [2.05, 4.69) is 20.9 Å². The number of carbonyl (C=O) groups is 1. The van der Waals surface area contributed by atoms with Gasteiger partial charge in [0.1, 0.15) is 11.3 Å². The third-order valence-electron chi connectivity index (χ3n) is 1.72. The van der Waals surface area contributed by atoms with Crippen LogP contribution in [0.2, 0.25) is 0 Å². The van der Waals surface area contributed by atoms with Crippen LogP contribution in [-0.4, -0.2) is 17.6 Å². The summed E-state index contributed by atoms with van der Waals surface area (Å²) in [5, 5.41) is 0. The molecule has 16 heavy (non-hydrogen) atoms. The van der Waals surface area contributed by atoms with Crippen LogP contribution in [-0.2, 0) is 9.53 Å². The van der Waals surface area contributed by atoms with Crippen LogP contribution in [0.3, 0.4) is 0 Å². The van der Waals surface area contributed by atoms with Crippen molar-refractivity contribution in [1.82, 2.24) is 4.98 Å². The molecule has 1 aromatic heterocycles. The topological polar surface area (TPSA) is 65.2 Å². The second-order valence-electron chi connectivity index (χ2n) is 2.78. The van der Waals surface area contributed by atoms with Crippen molar-refractivity contribution in [2.45, 2.75) is 6.92 Å². The first-order chi connectivity index (χ1) is 7.60. The monoisotopic (exact) mass is 288 g/mol. The number of carbonyl (C=O) groups excluding carboxylic acids is 1. The van der Waals surface area contributed by atoms with E-state index < -0.39 is 11.8 Å². The van der Waals surface area contributed by atoms with Gasteiger partial charge in [0.05, 0.1) is 6.61 Å². The van der Waals surface area contributed by atoms with Crippen LogP contribution < -0.4 is 5.73 Å². The highest BCUT2D eigenvalue weighted by Gasteiger charge is 2.18. The van der Waals surface area contributed by atoms with Gasteiger partial charge in [0.25, 0.3) is 0 Å². The van der Waals surface area contributed by atoms with E-state index in [-0.39, 0.29) is 17.9 Å². The molecule has 2 N–H and O–H groups in total. The highest BCUT2D eigenvalue weighted by atomic mass is 79.9. The third-order valence-corrected chi connectivity index (χ3v) is 2.16. The maximum atomic E-state index is 13.5. The molecule has 0 saturated heterocycles. The molecule has 0 fully saturated rings. The van der Waals surface area contributed by atoms with Crippen LogP contribution in [0.1, 0.15) is 12.6 Å². The largest absolute Gasteiger partial charge is 0.462 e. The Morgan fingerprint density at radius 2 is 2.44 bits per heavy atom. The van der Waals surface area contributed by atoms with Crippen molar-refractivity contribution in [3.63, 3.8) is 0 Å². The van der Waals surface area contributed by atoms with Crippen LogP contribution in [0.5, 0.6) is 0 Å². The minimum absolute atomic E-state index is 0.0909. The summed E-state index contributed by atoms with van der Waals surface area (Å²) in [7, 11) is 0. The molecule has 0 saturated carbocycles. The Morgan fingerprint density at radius 3 is 2.94 bits per heavy atom. The van der Waals surface area contributed by atoms with E-state index in [9.17, 15) is 9.18 Å². The van der Waals surface area contributed by atoms with Crippen molar-refractivity contribution < 1.29 is 13.9 Å². The molecule has 1 heterocycles. The van der Waals surface area contributed by atoms with Crippen molar-refractivity contribution in [3.05, 3.63) is 34.4 Å². The van der Waals surface area contributed by atoms with Gasteiger partial charge in [-0.3, -0.25) is 4.98 Å². The standard InChI is InChI=1S/C10H10BrFN2O2/c1-2-16-10(15)7(4-13)9-8(12)3-6(11)5-14-9/h3-5H,2,13H2,1H3/b7-4+. The lowest BCUT2D eigenvalue weighted by Gasteiger charge is -2.06. The van der Waals surface area contributed by atoms with E-state index in [0.717, 1.165) is 6.20 Å². The number of hydrogen-bond donors (Lipinski definition) is 1. The zero-order chi connectivity index (χ0) is 12.1. The molecule has 0 aliphatic rings. The van der Waals surface area contributed by atoms with Crippen molar-refractivity contribution >= 4 is 27.5 Å². The minimum atomic E-state index is -0.696. The maximum Gasteiger partial charge on any atom is 0.341 e. The Hall–Kier alpha value is -1.43. The third kappa shape index (κ3) is 2.79. The molecule has 0 aromatic carbocycles. The SMILES string of the molecule is CCOC(=O)/C(=C/N)c1ncc(Br)cc1F. The van der Waals surface area contributed by atoms with E-state index in [1.54, 1.807) is 6.92 Å². The number of hydrogen-bond acceptors (Lipinski definition) is 4. The Bertz CT molecular complexity index is 435. The molecule has 0 spiro atoms. The van der Waals surface area contributed by atoms with Gasteiger partial charge in [-0.2, -0.15) is 0 Å². The molecule has 0 unspecified atom stereocenters. The number of esters is 1. The molecule has 0 amide bonds. The van der Waals surface area contributed by atoms with Crippen molar-refractivity contribution in [2.75, 3.05) is 6.61 Å². The van der Waals surface area contributed by atoms with Gasteiger partial charge in [0, 0.05) is 16.9 Å². The van der Waals surface area contributed by atoms with Crippen molar-refractivity contribution in [3.8, 4) is 0 Å². The predicted molar refractivity (Wildman–Crippen MR) is 60.7 cm³/mol. The molecule has 4 nitrogen and oxygen atoms in total. The van der Waals surface area contributed by atoms with Gasteiger partial charge in [0.15, 0.2) is 5.82 Å². The number of rotatable bonds is 3. The Kier molecular flexibility index (Phi) is 4.42. The average Bonchev–Trinajstić information content (AvgIpc) is 2.22. The first kappa shape index (κ1) is 12.6. The number of ether oxygens (including phenoxy) is 1. The van der Waals surface area contributed by atoms with Crippen LogP contribution >= 0.6 is 15.9 Å². The summed E-state index contributed by atoms with van der Waals surface area (Å²) < 4.78 is 18.7. The number of nitrogens with two attached hydrogens (primary N) is 1. The van der Waals surface area contributed by atoms with Gasteiger partial charge in [-0.1, -0.05) is 0 Å². The van der Waals surface area contributed by atoms with Gasteiger partial charge < -0.3 is 10.5 Å². The van der Waals surface area contributed by atoms with Crippen molar-refractivity contribution in [2.24, 2.45) is 5.73 Å². The molecule has 0 bridgehead atoms. The maximum absolute atomic E-state index is 13.5. The number of aromatic nitrogens is 1. The summed E-state index contributed by atoms with van der Waals surface area (Å²) in [5.74, 6) is -1.34. The quantitative estimate of drug-likeness (QED) is 0.681. The fraction of sp³-hybridized carbons (Fsp3) is 0.200. The van der Waals surface area contributed by atoms with Gasteiger partial charge in [-0.15, -0.1) is 0 Å². The molecule has 0 radical (unpaired) electrons. The van der Waals surface area contributed by atoms with Gasteiger partial charge in [-0.25, -0.2) is 9.18 Å².